The fourth-order valence-corrected chi connectivity index (χ4v) is 2.57. The van der Waals surface area contributed by atoms with Crippen molar-refractivity contribution in [3.05, 3.63) is 70.9 Å². The highest BCUT2D eigenvalue weighted by Gasteiger charge is 2.06. The maximum atomic E-state index is 8.93. The van der Waals surface area contributed by atoms with E-state index in [1.54, 1.807) is 0 Å². The lowest BCUT2D eigenvalue weighted by Gasteiger charge is -2.08. The molecule has 106 valence electrons. The normalized spacial score (nSPS) is 10.8. The lowest BCUT2D eigenvalue weighted by Crippen LogP contribution is -2.17. The van der Waals surface area contributed by atoms with Gasteiger partial charge in [-0.05, 0) is 35.2 Å². The van der Waals surface area contributed by atoms with Crippen LogP contribution in [0.1, 0.15) is 11.1 Å². The van der Waals surface area contributed by atoms with Crippen molar-refractivity contribution in [2.45, 2.75) is 6.54 Å². The number of fused-ring (bicyclic) bond motifs is 1. The van der Waals surface area contributed by atoms with E-state index in [1.165, 1.54) is 5.56 Å². The van der Waals surface area contributed by atoms with Crippen LogP contribution in [0.15, 0.2) is 54.7 Å². The summed E-state index contributed by atoms with van der Waals surface area (Å²) in [5, 5.41) is 10.8. The van der Waals surface area contributed by atoms with E-state index in [2.05, 4.69) is 10.6 Å². The van der Waals surface area contributed by atoms with Gasteiger partial charge in [0.2, 0.25) is 0 Å². The van der Waals surface area contributed by atoms with Crippen molar-refractivity contribution in [2.75, 3.05) is 0 Å². The Morgan fingerprint density at radius 2 is 1.90 bits per heavy atom. The number of hydrogen-bond acceptors (Lipinski definition) is 2. The lowest BCUT2D eigenvalue weighted by atomic mass is 10.1. The van der Waals surface area contributed by atoms with Crippen LogP contribution in [0.5, 0.6) is 0 Å². The maximum Gasteiger partial charge on any atom is 0.130 e. The Kier molecular flexibility index (Phi) is 3.92. The average molecular weight is 317 g/mol. The van der Waals surface area contributed by atoms with E-state index in [4.69, 9.17) is 29.0 Å². The Morgan fingerprint density at radius 3 is 2.62 bits per heavy atom. The zero-order valence-electron chi connectivity index (χ0n) is 11.1. The van der Waals surface area contributed by atoms with Crippen molar-refractivity contribution < 1.29 is 5.21 Å². The third-order valence-electron chi connectivity index (χ3n) is 3.40. The molecular weight excluding hydrogens is 304 g/mol. The van der Waals surface area contributed by atoms with Gasteiger partial charge in [-0.2, -0.15) is 0 Å². The van der Waals surface area contributed by atoms with Gasteiger partial charge in [0.15, 0.2) is 0 Å². The highest BCUT2D eigenvalue weighted by molar-refractivity contribution is 7.80. The first-order valence-electron chi connectivity index (χ1n) is 6.45. The van der Waals surface area contributed by atoms with Gasteiger partial charge in [-0.25, -0.2) is 0 Å². The second kappa shape index (κ2) is 5.85. The molecule has 5 heteroatoms. The quantitative estimate of drug-likeness (QED) is 0.566. The largest absolute Gasteiger partial charge is 0.343 e. The predicted octanol–water partition coefficient (Wildman–Crippen LogP) is 4.00. The van der Waals surface area contributed by atoms with Crippen molar-refractivity contribution in [3.63, 3.8) is 0 Å². The summed E-state index contributed by atoms with van der Waals surface area (Å²) in [4.78, 5) is 0.316. The van der Waals surface area contributed by atoms with Gasteiger partial charge in [-0.3, -0.25) is 10.7 Å². The molecule has 0 radical (unpaired) electrons. The predicted molar refractivity (Wildman–Crippen MR) is 89.1 cm³/mol. The summed E-state index contributed by atoms with van der Waals surface area (Å²) >= 11 is 11.0. The standard InChI is InChI=1S/C16H13ClN2OS/c17-14-5-1-11(2-6-14)10-19-8-7-12-3-4-13(9-15(12)19)16(21)18-20/h1-9,20H,10H2,(H,18,21). The summed E-state index contributed by atoms with van der Waals surface area (Å²) in [5.41, 5.74) is 5.05. The van der Waals surface area contributed by atoms with Gasteiger partial charge < -0.3 is 4.57 Å². The Balaban J connectivity index is 1.98. The second-order valence-electron chi connectivity index (χ2n) is 4.78. The van der Waals surface area contributed by atoms with Crippen molar-refractivity contribution in [3.8, 4) is 0 Å². The van der Waals surface area contributed by atoms with Crippen molar-refractivity contribution in [1.29, 1.82) is 0 Å². The van der Waals surface area contributed by atoms with Crippen molar-refractivity contribution >= 4 is 39.7 Å². The fraction of sp³-hybridized carbons (Fsp3) is 0.0625. The molecule has 1 aromatic heterocycles. The van der Waals surface area contributed by atoms with Crippen LogP contribution in [0.2, 0.25) is 5.02 Å². The monoisotopic (exact) mass is 316 g/mol. The molecule has 0 unspecified atom stereocenters. The minimum Gasteiger partial charge on any atom is -0.343 e. The Labute approximate surface area is 132 Å². The van der Waals surface area contributed by atoms with Crippen LogP contribution in [0, 0.1) is 0 Å². The van der Waals surface area contributed by atoms with Gasteiger partial charge in [-0.15, -0.1) is 0 Å². The first-order chi connectivity index (χ1) is 10.2. The van der Waals surface area contributed by atoms with E-state index < -0.39 is 0 Å². The number of benzene rings is 2. The number of nitrogens with one attached hydrogen (secondary N) is 1. The zero-order valence-corrected chi connectivity index (χ0v) is 12.7. The molecule has 0 saturated carbocycles. The molecule has 21 heavy (non-hydrogen) atoms. The number of rotatable bonds is 3. The van der Waals surface area contributed by atoms with Crippen LogP contribution in [-0.2, 0) is 6.54 Å². The Hall–Kier alpha value is -1.88. The fourth-order valence-electron chi connectivity index (χ4n) is 2.31. The molecule has 3 nitrogen and oxygen atoms in total. The first kappa shape index (κ1) is 14.1. The molecule has 0 aliphatic rings. The van der Waals surface area contributed by atoms with Gasteiger partial charge in [-0.1, -0.05) is 48.1 Å². The SMILES string of the molecule is ONC(=S)c1ccc2ccn(Cc3ccc(Cl)cc3)c2c1. The Morgan fingerprint density at radius 1 is 1.14 bits per heavy atom. The van der Waals surface area contributed by atoms with Gasteiger partial charge in [0.1, 0.15) is 4.99 Å². The molecule has 0 saturated heterocycles. The molecule has 2 N–H and O–H groups in total. The topological polar surface area (TPSA) is 37.2 Å². The summed E-state index contributed by atoms with van der Waals surface area (Å²) in [7, 11) is 0. The summed E-state index contributed by atoms with van der Waals surface area (Å²) in [6, 6.07) is 15.7. The number of thiocarbonyl (C=S) groups is 1. The summed E-state index contributed by atoms with van der Waals surface area (Å²) < 4.78 is 2.14. The third kappa shape index (κ3) is 2.93. The first-order valence-corrected chi connectivity index (χ1v) is 7.24. The van der Waals surface area contributed by atoms with E-state index in [0.717, 1.165) is 28.0 Å². The molecule has 0 amide bonds. The molecule has 0 atom stereocenters. The van der Waals surface area contributed by atoms with Crippen molar-refractivity contribution in [1.82, 2.24) is 10.0 Å². The number of aromatic nitrogens is 1. The van der Waals surface area contributed by atoms with E-state index in [0.29, 0.717) is 4.99 Å². The van der Waals surface area contributed by atoms with Gasteiger partial charge >= 0.3 is 0 Å². The smallest absolute Gasteiger partial charge is 0.130 e. The van der Waals surface area contributed by atoms with E-state index >= 15 is 0 Å². The van der Waals surface area contributed by atoms with Crippen molar-refractivity contribution in [2.24, 2.45) is 0 Å². The minimum atomic E-state index is 0.316. The zero-order chi connectivity index (χ0) is 14.8. The molecule has 3 rings (SSSR count). The van der Waals surface area contributed by atoms with Crippen LogP contribution >= 0.6 is 23.8 Å². The molecule has 0 fully saturated rings. The van der Waals surface area contributed by atoms with Crippen LogP contribution < -0.4 is 5.48 Å². The van der Waals surface area contributed by atoms with Crippen LogP contribution in [0.25, 0.3) is 10.9 Å². The van der Waals surface area contributed by atoms with Gasteiger partial charge in [0.05, 0.1) is 0 Å². The molecule has 2 aromatic carbocycles. The van der Waals surface area contributed by atoms with E-state index in [9.17, 15) is 0 Å². The van der Waals surface area contributed by atoms with Crippen LogP contribution in [-0.4, -0.2) is 14.8 Å². The molecule has 0 aliphatic carbocycles. The van der Waals surface area contributed by atoms with Gasteiger partial charge in [0, 0.05) is 28.8 Å². The number of hydrogen-bond donors (Lipinski definition) is 2. The minimum absolute atomic E-state index is 0.316. The number of hydroxylamine groups is 1. The average Bonchev–Trinajstić information content (AvgIpc) is 2.91. The molecule has 0 spiro atoms. The molecule has 1 heterocycles. The molecule has 0 bridgehead atoms. The molecule has 0 aliphatic heterocycles. The van der Waals surface area contributed by atoms with Crippen LogP contribution in [0.3, 0.4) is 0 Å². The Bertz CT molecular complexity index is 796. The van der Waals surface area contributed by atoms with E-state index in [1.807, 2.05) is 54.1 Å². The number of nitrogens with zero attached hydrogens (tertiary/aromatic N) is 1. The maximum absolute atomic E-state index is 8.93. The van der Waals surface area contributed by atoms with E-state index in [-0.39, 0.29) is 0 Å². The molecular formula is C16H13ClN2OS. The summed E-state index contributed by atoms with van der Waals surface area (Å²) in [6.45, 7) is 0.753. The highest BCUT2D eigenvalue weighted by Crippen LogP contribution is 2.20. The van der Waals surface area contributed by atoms with Gasteiger partial charge in [0.25, 0.3) is 0 Å². The highest BCUT2D eigenvalue weighted by atomic mass is 35.5. The lowest BCUT2D eigenvalue weighted by molar-refractivity contribution is 0.238. The summed E-state index contributed by atoms with van der Waals surface area (Å²) in [6.07, 6.45) is 2.04. The number of halogens is 1. The molecule has 3 aromatic rings. The van der Waals surface area contributed by atoms with Crippen LogP contribution in [0.4, 0.5) is 0 Å². The second-order valence-corrected chi connectivity index (χ2v) is 5.63. The third-order valence-corrected chi connectivity index (χ3v) is 3.98. The summed E-state index contributed by atoms with van der Waals surface area (Å²) in [5.74, 6) is 0.